The predicted octanol–water partition coefficient (Wildman–Crippen LogP) is 3.05. The standard InChI is InChI=1S/C11H20ClNS/c1-14-11(6-2-3-7-11)10-13-9-5-4-8-12/h4-5,13H,2-3,6-10H2,1H3/b5-4+. The molecule has 0 aliphatic heterocycles. The van der Waals surface area contributed by atoms with Gasteiger partial charge < -0.3 is 5.32 Å². The molecule has 0 saturated heterocycles. The fraction of sp³-hybridized carbons (Fsp3) is 0.818. The average Bonchev–Trinajstić information content (AvgIpc) is 2.67. The van der Waals surface area contributed by atoms with Gasteiger partial charge in [0.2, 0.25) is 0 Å². The first kappa shape index (κ1) is 12.4. The van der Waals surface area contributed by atoms with Crippen LogP contribution in [-0.2, 0) is 0 Å². The van der Waals surface area contributed by atoms with Gasteiger partial charge in [-0.25, -0.2) is 0 Å². The second-order valence-electron chi connectivity index (χ2n) is 3.85. The summed E-state index contributed by atoms with van der Waals surface area (Å²) >= 11 is 7.57. The van der Waals surface area contributed by atoms with Crippen LogP contribution in [0.3, 0.4) is 0 Å². The van der Waals surface area contributed by atoms with Crippen LogP contribution in [0.5, 0.6) is 0 Å². The number of alkyl halides is 1. The summed E-state index contributed by atoms with van der Waals surface area (Å²) < 4.78 is 0.523. The zero-order chi connectivity index (χ0) is 10.3. The highest BCUT2D eigenvalue weighted by Gasteiger charge is 2.31. The molecule has 0 spiro atoms. The van der Waals surface area contributed by atoms with Gasteiger partial charge >= 0.3 is 0 Å². The van der Waals surface area contributed by atoms with Gasteiger partial charge in [0.25, 0.3) is 0 Å². The van der Waals surface area contributed by atoms with Crippen molar-refractivity contribution >= 4 is 23.4 Å². The van der Waals surface area contributed by atoms with Crippen LogP contribution in [0.25, 0.3) is 0 Å². The third-order valence-corrected chi connectivity index (χ3v) is 4.51. The minimum Gasteiger partial charge on any atom is -0.312 e. The second-order valence-corrected chi connectivity index (χ2v) is 5.43. The van der Waals surface area contributed by atoms with Gasteiger partial charge in [0.05, 0.1) is 0 Å². The fourth-order valence-corrected chi connectivity index (χ4v) is 3.07. The Bertz CT molecular complexity index is 176. The molecule has 1 rings (SSSR count). The normalized spacial score (nSPS) is 20.7. The highest BCUT2D eigenvalue weighted by Crippen LogP contribution is 2.39. The molecule has 1 aliphatic rings. The topological polar surface area (TPSA) is 12.0 Å². The molecule has 0 unspecified atom stereocenters. The van der Waals surface area contributed by atoms with Gasteiger partial charge in [0.15, 0.2) is 0 Å². The number of hydrogen-bond donors (Lipinski definition) is 1. The third-order valence-electron chi connectivity index (χ3n) is 2.91. The summed E-state index contributed by atoms with van der Waals surface area (Å²) in [5.41, 5.74) is 0. The molecule has 1 N–H and O–H groups in total. The first-order chi connectivity index (χ1) is 6.83. The van der Waals surface area contributed by atoms with E-state index in [1.165, 1.54) is 25.7 Å². The number of halogens is 1. The molecule has 0 radical (unpaired) electrons. The van der Waals surface area contributed by atoms with E-state index >= 15 is 0 Å². The lowest BCUT2D eigenvalue weighted by atomic mass is 10.1. The van der Waals surface area contributed by atoms with Gasteiger partial charge in [-0.15, -0.1) is 11.6 Å². The summed E-state index contributed by atoms with van der Waals surface area (Å²) in [6.07, 6.45) is 11.9. The van der Waals surface area contributed by atoms with Gasteiger partial charge in [0, 0.05) is 23.7 Å². The van der Waals surface area contributed by atoms with Crippen LogP contribution < -0.4 is 5.32 Å². The van der Waals surface area contributed by atoms with Crippen LogP contribution in [0.1, 0.15) is 25.7 Å². The largest absolute Gasteiger partial charge is 0.312 e. The molecule has 3 heteroatoms. The molecule has 0 aromatic heterocycles. The van der Waals surface area contributed by atoms with E-state index in [4.69, 9.17) is 11.6 Å². The molecule has 0 amide bonds. The molecule has 1 nitrogen and oxygen atoms in total. The highest BCUT2D eigenvalue weighted by molar-refractivity contribution is 8.00. The molecule has 1 aliphatic carbocycles. The van der Waals surface area contributed by atoms with Gasteiger partial charge in [-0.2, -0.15) is 11.8 Å². The summed E-state index contributed by atoms with van der Waals surface area (Å²) in [6, 6.07) is 0. The number of rotatable bonds is 6. The number of allylic oxidation sites excluding steroid dienone is 1. The fourth-order valence-electron chi connectivity index (χ4n) is 2.00. The second kappa shape index (κ2) is 6.76. The molecular weight excluding hydrogens is 214 g/mol. The zero-order valence-electron chi connectivity index (χ0n) is 8.89. The van der Waals surface area contributed by atoms with Crippen LogP contribution in [0.2, 0.25) is 0 Å². The molecule has 0 heterocycles. The smallest absolute Gasteiger partial charge is 0.0404 e. The van der Waals surface area contributed by atoms with Crippen LogP contribution in [0.4, 0.5) is 0 Å². The van der Waals surface area contributed by atoms with Crippen molar-refractivity contribution in [3.8, 4) is 0 Å². The van der Waals surface area contributed by atoms with E-state index in [0.29, 0.717) is 10.6 Å². The number of thioether (sulfide) groups is 1. The van der Waals surface area contributed by atoms with Crippen molar-refractivity contribution in [3.63, 3.8) is 0 Å². The molecule has 82 valence electrons. The Balaban J connectivity index is 2.18. The number of hydrogen-bond acceptors (Lipinski definition) is 2. The van der Waals surface area contributed by atoms with E-state index in [1.54, 1.807) is 0 Å². The van der Waals surface area contributed by atoms with Crippen LogP contribution in [-0.4, -0.2) is 30.0 Å². The van der Waals surface area contributed by atoms with E-state index in [1.807, 2.05) is 17.8 Å². The zero-order valence-corrected chi connectivity index (χ0v) is 10.5. The van der Waals surface area contributed by atoms with Gasteiger partial charge in [0.1, 0.15) is 0 Å². The van der Waals surface area contributed by atoms with E-state index in [9.17, 15) is 0 Å². The minimum absolute atomic E-state index is 0.523. The van der Waals surface area contributed by atoms with Gasteiger partial charge in [-0.3, -0.25) is 0 Å². The van der Waals surface area contributed by atoms with Crippen molar-refractivity contribution < 1.29 is 0 Å². The van der Waals surface area contributed by atoms with Crippen molar-refractivity contribution in [1.29, 1.82) is 0 Å². The first-order valence-corrected chi connectivity index (χ1v) is 7.06. The van der Waals surface area contributed by atoms with Gasteiger partial charge in [-0.05, 0) is 19.1 Å². The molecule has 1 saturated carbocycles. The SMILES string of the molecule is CSC1(CNC/C=C/CCl)CCCC1. The molecular formula is C11H20ClNS. The summed E-state index contributed by atoms with van der Waals surface area (Å²) in [4.78, 5) is 0. The van der Waals surface area contributed by atoms with E-state index in [-0.39, 0.29) is 0 Å². The van der Waals surface area contributed by atoms with Crippen molar-refractivity contribution in [1.82, 2.24) is 5.32 Å². The molecule has 0 aromatic rings. The summed E-state index contributed by atoms with van der Waals surface area (Å²) in [6.45, 7) is 2.09. The average molecular weight is 234 g/mol. The van der Waals surface area contributed by atoms with Crippen molar-refractivity contribution in [3.05, 3.63) is 12.2 Å². The Labute approximate surface area is 96.7 Å². The molecule has 0 atom stereocenters. The van der Waals surface area contributed by atoms with Crippen molar-refractivity contribution in [2.45, 2.75) is 30.4 Å². The van der Waals surface area contributed by atoms with Crippen molar-refractivity contribution in [2.75, 3.05) is 25.2 Å². The van der Waals surface area contributed by atoms with E-state index in [2.05, 4.69) is 17.6 Å². The maximum absolute atomic E-state index is 5.54. The molecule has 1 fully saturated rings. The Morgan fingerprint density at radius 2 is 2.07 bits per heavy atom. The van der Waals surface area contributed by atoms with E-state index in [0.717, 1.165) is 13.1 Å². The Hall–Kier alpha value is 0.340. The summed E-state index contributed by atoms with van der Waals surface area (Å²) in [5.74, 6) is 0.620. The number of nitrogens with one attached hydrogen (secondary N) is 1. The Morgan fingerprint density at radius 3 is 2.64 bits per heavy atom. The molecule has 0 bridgehead atoms. The van der Waals surface area contributed by atoms with Crippen LogP contribution >= 0.6 is 23.4 Å². The molecule has 0 aromatic carbocycles. The Kier molecular flexibility index (Phi) is 5.99. The maximum Gasteiger partial charge on any atom is 0.0404 e. The monoisotopic (exact) mass is 233 g/mol. The van der Waals surface area contributed by atoms with Crippen LogP contribution in [0, 0.1) is 0 Å². The quantitative estimate of drug-likeness (QED) is 0.430. The lowest BCUT2D eigenvalue weighted by Crippen LogP contribution is -2.35. The first-order valence-electron chi connectivity index (χ1n) is 5.30. The minimum atomic E-state index is 0.523. The highest BCUT2D eigenvalue weighted by atomic mass is 35.5. The Morgan fingerprint density at radius 1 is 1.36 bits per heavy atom. The summed E-state index contributed by atoms with van der Waals surface area (Å²) in [7, 11) is 0. The van der Waals surface area contributed by atoms with Crippen molar-refractivity contribution in [2.24, 2.45) is 0 Å². The van der Waals surface area contributed by atoms with Crippen LogP contribution in [0.15, 0.2) is 12.2 Å². The van der Waals surface area contributed by atoms with Gasteiger partial charge in [-0.1, -0.05) is 25.0 Å². The summed E-state index contributed by atoms with van der Waals surface area (Å²) in [5, 5.41) is 3.49. The molecule has 14 heavy (non-hydrogen) atoms. The third kappa shape index (κ3) is 3.84. The lowest BCUT2D eigenvalue weighted by molar-refractivity contribution is 0.553. The maximum atomic E-state index is 5.54. The lowest BCUT2D eigenvalue weighted by Gasteiger charge is -2.26. The predicted molar refractivity (Wildman–Crippen MR) is 67.4 cm³/mol. The van der Waals surface area contributed by atoms with E-state index < -0.39 is 0 Å².